The van der Waals surface area contributed by atoms with Gasteiger partial charge in [0.25, 0.3) is 0 Å². The second-order valence-corrected chi connectivity index (χ2v) is 9.14. The number of fused-ring (bicyclic) bond motifs is 1. The van der Waals surface area contributed by atoms with Gasteiger partial charge >= 0.3 is 5.97 Å². The Bertz CT molecular complexity index is 1110. The van der Waals surface area contributed by atoms with Crippen molar-refractivity contribution in [3.8, 4) is 5.75 Å². The van der Waals surface area contributed by atoms with E-state index in [2.05, 4.69) is 17.6 Å². The number of hydrogen-bond donors (Lipinski definition) is 4. The van der Waals surface area contributed by atoms with Gasteiger partial charge in [-0.1, -0.05) is 55.0 Å². The van der Waals surface area contributed by atoms with Gasteiger partial charge in [0.2, 0.25) is 5.91 Å². The number of carboxylic acids is 1. The first-order valence-electron chi connectivity index (χ1n) is 12.5. The first-order chi connectivity index (χ1) is 17.4. The van der Waals surface area contributed by atoms with Gasteiger partial charge in [0, 0.05) is 36.5 Å². The Hall–Kier alpha value is -3.42. The molecule has 0 spiro atoms. The van der Waals surface area contributed by atoms with Crippen LogP contribution in [-0.2, 0) is 16.0 Å². The molecule has 2 atom stereocenters. The van der Waals surface area contributed by atoms with E-state index in [1.165, 1.54) is 0 Å². The number of carboxylic acid groups (broad SMARTS) is 1. The Morgan fingerprint density at radius 2 is 1.69 bits per heavy atom. The molecule has 2 unspecified atom stereocenters. The molecule has 7 heteroatoms. The van der Waals surface area contributed by atoms with Crippen LogP contribution >= 0.6 is 0 Å². The van der Waals surface area contributed by atoms with Crippen molar-refractivity contribution in [2.75, 3.05) is 18.5 Å². The molecule has 0 radical (unpaired) electrons. The van der Waals surface area contributed by atoms with Gasteiger partial charge in [-0.15, -0.1) is 0 Å². The summed E-state index contributed by atoms with van der Waals surface area (Å²) in [5.41, 5.74) is 1.65. The van der Waals surface area contributed by atoms with Gasteiger partial charge < -0.3 is 25.6 Å². The third-order valence-electron chi connectivity index (χ3n) is 6.04. The topological polar surface area (TPSA) is 108 Å². The van der Waals surface area contributed by atoms with E-state index in [-0.39, 0.29) is 25.0 Å². The third kappa shape index (κ3) is 9.32. The fourth-order valence-corrected chi connectivity index (χ4v) is 3.97. The summed E-state index contributed by atoms with van der Waals surface area (Å²) >= 11 is 0. The minimum atomic E-state index is -0.820. The Labute approximate surface area is 212 Å². The van der Waals surface area contributed by atoms with Crippen LogP contribution in [0.2, 0.25) is 0 Å². The molecule has 0 bridgehead atoms. The van der Waals surface area contributed by atoms with Crippen LogP contribution in [0.1, 0.15) is 44.6 Å². The van der Waals surface area contributed by atoms with E-state index in [9.17, 15) is 14.7 Å². The highest BCUT2D eigenvalue weighted by Gasteiger charge is 2.10. The number of aliphatic carboxylic acids is 1. The predicted molar refractivity (Wildman–Crippen MR) is 142 cm³/mol. The van der Waals surface area contributed by atoms with Crippen molar-refractivity contribution in [3.63, 3.8) is 0 Å². The van der Waals surface area contributed by atoms with Crippen molar-refractivity contribution in [3.05, 3.63) is 72.3 Å². The molecule has 0 saturated carbocycles. The van der Waals surface area contributed by atoms with E-state index in [0.717, 1.165) is 41.3 Å². The van der Waals surface area contributed by atoms with Crippen LogP contribution in [0.3, 0.4) is 0 Å². The van der Waals surface area contributed by atoms with Crippen LogP contribution in [0, 0.1) is 0 Å². The number of aryl methyl sites for hydroxylation is 1. The number of benzene rings is 3. The van der Waals surface area contributed by atoms with E-state index < -0.39 is 12.1 Å². The number of aliphatic hydroxyl groups is 1. The van der Waals surface area contributed by atoms with Crippen molar-refractivity contribution < 1.29 is 24.5 Å². The summed E-state index contributed by atoms with van der Waals surface area (Å²) in [5, 5.41) is 27.4. The zero-order valence-corrected chi connectivity index (χ0v) is 20.8. The lowest BCUT2D eigenvalue weighted by Gasteiger charge is -2.18. The predicted octanol–water partition coefficient (Wildman–Crippen LogP) is 4.77. The average Bonchev–Trinajstić information content (AvgIpc) is 2.88. The number of amides is 1. The van der Waals surface area contributed by atoms with Gasteiger partial charge in [-0.05, 0) is 55.3 Å². The lowest BCUT2D eigenvalue weighted by Crippen LogP contribution is -2.36. The molecule has 0 aliphatic carbocycles. The lowest BCUT2D eigenvalue weighted by atomic mass is 10.1. The van der Waals surface area contributed by atoms with Gasteiger partial charge in [0.05, 0.1) is 0 Å². The van der Waals surface area contributed by atoms with E-state index in [4.69, 9.17) is 9.84 Å². The number of carbonyl (C=O) groups excluding carboxylic acids is 1. The molecule has 0 fully saturated rings. The maximum atomic E-state index is 12.2. The summed E-state index contributed by atoms with van der Waals surface area (Å²) in [6.07, 6.45) is 2.98. The number of hydrogen-bond acceptors (Lipinski definition) is 5. The average molecular weight is 493 g/mol. The Morgan fingerprint density at radius 3 is 2.47 bits per heavy atom. The van der Waals surface area contributed by atoms with Crippen LogP contribution in [0.5, 0.6) is 5.75 Å². The normalized spacial score (nSPS) is 12.7. The number of anilines is 1. The first-order valence-corrected chi connectivity index (χ1v) is 12.5. The minimum Gasteiger partial charge on any atom is -0.490 e. The number of rotatable bonds is 15. The van der Waals surface area contributed by atoms with Crippen molar-refractivity contribution >= 4 is 28.3 Å². The van der Waals surface area contributed by atoms with E-state index in [1.54, 1.807) is 12.1 Å². The van der Waals surface area contributed by atoms with E-state index in [0.29, 0.717) is 25.1 Å². The smallest absolute Gasteiger partial charge is 0.303 e. The quantitative estimate of drug-likeness (QED) is 0.228. The highest BCUT2D eigenvalue weighted by atomic mass is 16.5. The van der Waals surface area contributed by atoms with Crippen molar-refractivity contribution in [1.82, 2.24) is 5.32 Å². The summed E-state index contributed by atoms with van der Waals surface area (Å²) in [4.78, 5) is 22.8. The second-order valence-electron chi connectivity index (χ2n) is 9.14. The van der Waals surface area contributed by atoms with Gasteiger partial charge in [0.15, 0.2) is 0 Å². The maximum absolute atomic E-state index is 12.2. The summed E-state index contributed by atoms with van der Waals surface area (Å²) in [6.45, 7) is 2.73. The molecule has 4 N–H and O–H groups in total. The van der Waals surface area contributed by atoms with Crippen LogP contribution in [0.15, 0.2) is 66.7 Å². The molecular formula is C29H36N2O5. The van der Waals surface area contributed by atoms with Gasteiger partial charge in [-0.2, -0.15) is 0 Å². The lowest BCUT2D eigenvalue weighted by molar-refractivity contribution is -0.137. The molecule has 3 aromatic carbocycles. The van der Waals surface area contributed by atoms with Crippen LogP contribution < -0.4 is 15.4 Å². The van der Waals surface area contributed by atoms with Crippen LogP contribution in [-0.4, -0.2) is 47.4 Å². The maximum Gasteiger partial charge on any atom is 0.303 e. The largest absolute Gasteiger partial charge is 0.490 e. The molecule has 192 valence electrons. The number of carbonyl (C=O) groups is 2. The molecule has 1 amide bonds. The molecule has 0 aliphatic heterocycles. The second kappa shape index (κ2) is 14.2. The first kappa shape index (κ1) is 27.2. The number of unbranched alkanes of at least 4 members (excludes halogenated alkanes) is 1. The summed E-state index contributed by atoms with van der Waals surface area (Å²) in [7, 11) is 0. The van der Waals surface area contributed by atoms with E-state index in [1.807, 2.05) is 54.6 Å². The molecule has 3 aromatic rings. The minimum absolute atomic E-state index is 0.0325. The Morgan fingerprint density at radius 1 is 0.944 bits per heavy atom. The number of ether oxygens (including phenoxy) is 1. The summed E-state index contributed by atoms with van der Waals surface area (Å²) in [6, 6.07) is 21.4. The number of aliphatic hydroxyl groups excluding tert-OH is 1. The monoisotopic (exact) mass is 492 g/mol. The molecule has 0 saturated heterocycles. The zero-order valence-electron chi connectivity index (χ0n) is 20.8. The molecule has 7 nitrogen and oxygen atoms in total. The summed E-state index contributed by atoms with van der Waals surface area (Å²) < 4.78 is 5.86. The zero-order chi connectivity index (χ0) is 25.8. The highest BCUT2D eigenvalue weighted by Crippen LogP contribution is 2.25. The van der Waals surface area contributed by atoms with Crippen molar-refractivity contribution in [1.29, 1.82) is 0 Å². The Balaban J connectivity index is 1.27. The summed E-state index contributed by atoms with van der Waals surface area (Å²) in [5.74, 6) is -0.0820. The molecule has 3 rings (SSSR count). The van der Waals surface area contributed by atoms with Gasteiger partial charge in [-0.25, -0.2) is 0 Å². The van der Waals surface area contributed by atoms with E-state index >= 15 is 0 Å². The fourth-order valence-electron chi connectivity index (χ4n) is 3.97. The SMILES string of the molecule is CC(CCCCC(=O)Nc1ccc(CCC(=O)O)cc1)NCC(O)COc1cccc2ccccc12. The van der Waals surface area contributed by atoms with Crippen molar-refractivity contribution in [2.45, 2.75) is 57.6 Å². The number of nitrogens with one attached hydrogen (secondary N) is 2. The molecule has 0 aromatic heterocycles. The standard InChI is InChI=1S/C29H36N2O5/c1-21(30-19-25(32)20-36-27-11-6-9-23-8-3-4-10-26(23)27)7-2-5-12-28(33)31-24-16-13-22(14-17-24)15-18-29(34)35/h3-4,6,8-11,13-14,16-17,21,25,30,32H,2,5,7,12,15,18-20H2,1H3,(H,31,33)(H,34,35). The molecule has 36 heavy (non-hydrogen) atoms. The molecule has 0 heterocycles. The van der Waals surface area contributed by atoms with Gasteiger partial charge in [-0.3, -0.25) is 9.59 Å². The van der Waals surface area contributed by atoms with Crippen molar-refractivity contribution in [2.24, 2.45) is 0 Å². The van der Waals surface area contributed by atoms with Gasteiger partial charge in [0.1, 0.15) is 18.5 Å². The third-order valence-corrected chi connectivity index (χ3v) is 6.04. The fraction of sp³-hybridized carbons (Fsp3) is 0.379. The molecule has 0 aliphatic rings. The molecular weight excluding hydrogens is 456 g/mol. The van der Waals surface area contributed by atoms with Crippen LogP contribution in [0.25, 0.3) is 10.8 Å². The van der Waals surface area contributed by atoms with Crippen LogP contribution in [0.4, 0.5) is 5.69 Å². The Kier molecular flexibility index (Phi) is 10.7. The highest BCUT2D eigenvalue weighted by molar-refractivity contribution is 5.90.